The van der Waals surface area contributed by atoms with Crippen molar-refractivity contribution < 1.29 is 9.53 Å². The SMILES string of the molecule is COc1ccc(N=C2NC(=O)/C(=C/c3cn(Cc4ccc(Cl)cc4)c4ccccc34)S2)cc1. The largest absolute Gasteiger partial charge is 0.497 e. The molecule has 1 amide bonds. The molecular formula is C26H20ClN3O2S. The van der Waals surface area contributed by atoms with Crippen LogP contribution in [-0.4, -0.2) is 22.8 Å². The summed E-state index contributed by atoms with van der Waals surface area (Å²) in [5.41, 5.74) is 4.00. The van der Waals surface area contributed by atoms with Gasteiger partial charge in [-0.05, 0) is 65.9 Å². The minimum absolute atomic E-state index is 0.151. The zero-order chi connectivity index (χ0) is 22.8. The molecule has 1 saturated heterocycles. The lowest BCUT2D eigenvalue weighted by atomic mass is 10.1. The van der Waals surface area contributed by atoms with Crippen LogP contribution in [0.2, 0.25) is 5.02 Å². The van der Waals surface area contributed by atoms with Crippen molar-refractivity contribution >= 4 is 57.1 Å². The Morgan fingerprint density at radius 1 is 1.06 bits per heavy atom. The third-order valence-electron chi connectivity index (χ3n) is 5.33. The van der Waals surface area contributed by atoms with Gasteiger partial charge >= 0.3 is 0 Å². The average Bonchev–Trinajstić information content (AvgIpc) is 3.35. The fourth-order valence-electron chi connectivity index (χ4n) is 3.70. The average molecular weight is 474 g/mol. The Labute approximate surface area is 200 Å². The van der Waals surface area contributed by atoms with Crippen molar-refractivity contribution in [1.29, 1.82) is 0 Å². The number of benzene rings is 3. The third kappa shape index (κ3) is 4.67. The first-order valence-corrected chi connectivity index (χ1v) is 11.5. The summed E-state index contributed by atoms with van der Waals surface area (Å²) in [5, 5.41) is 5.22. The molecule has 0 bridgehead atoms. The van der Waals surface area contributed by atoms with E-state index in [9.17, 15) is 4.79 Å². The van der Waals surface area contributed by atoms with Gasteiger partial charge in [-0.1, -0.05) is 41.9 Å². The van der Waals surface area contributed by atoms with Crippen LogP contribution in [0.15, 0.2) is 88.9 Å². The van der Waals surface area contributed by atoms with E-state index in [0.29, 0.717) is 16.6 Å². The van der Waals surface area contributed by atoms with Gasteiger partial charge in [-0.15, -0.1) is 0 Å². The minimum Gasteiger partial charge on any atom is -0.497 e. The lowest BCUT2D eigenvalue weighted by Crippen LogP contribution is -2.19. The van der Waals surface area contributed by atoms with Crippen molar-refractivity contribution in [2.75, 3.05) is 7.11 Å². The van der Waals surface area contributed by atoms with Crippen molar-refractivity contribution in [3.8, 4) is 5.75 Å². The van der Waals surface area contributed by atoms with E-state index in [1.54, 1.807) is 7.11 Å². The molecule has 1 aliphatic heterocycles. The standard InChI is InChI=1S/C26H20ClN3O2S/c1-32-21-12-10-20(11-13-21)28-26-29-25(31)24(33-26)14-18-16-30(23-5-3-2-4-22(18)23)15-17-6-8-19(27)9-7-17/h2-14,16H,15H2,1H3,(H,28,29,31)/b24-14-. The molecule has 0 saturated carbocycles. The van der Waals surface area contributed by atoms with Gasteiger partial charge in [0, 0.05) is 34.2 Å². The van der Waals surface area contributed by atoms with Crippen molar-refractivity contribution in [3.05, 3.63) is 100 Å². The number of fused-ring (bicyclic) bond motifs is 1. The molecule has 1 aromatic heterocycles. The molecule has 4 aromatic rings. The van der Waals surface area contributed by atoms with E-state index in [2.05, 4.69) is 33.2 Å². The Morgan fingerprint density at radius 2 is 1.82 bits per heavy atom. The summed E-state index contributed by atoms with van der Waals surface area (Å²) < 4.78 is 7.37. The molecule has 164 valence electrons. The first-order valence-electron chi connectivity index (χ1n) is 10.3. The van der Waals surface area contributed by atoms with Gasteiger partial charge in [0.1, 0.15) is 5.75 Å². The molecule has 2 heterocycles. The van der Waals surface area contributed by atoms with E-state index in [-0.39, 0.29) is 5.91 Å². The maximum absolute atomic E-state index is 12.6. The molecule has 0 aliphatic carbocycles. The molecule has 3 aromatic carbocycles. The lowest BCUT2D eigenvalue weighted by Gasteiger charge is -2.05. The molecule has 0 radical (unpaired) electrons. The second kappa shape index (κ2) is 9.17. The number of para-hydroxylation sites is 1. The maximum Gasteiger partial charge on any atom is 0.264 e. The molecule has 1 fully saturated rings. The minimum atomic E-state index is -0.151. The molecular weight excluding hydrogens is 454 g/mol. The predicted octanol–water partition coefficient (Wildman–Crippen LogP) is 6.24. The Morgan fingerprint density at radius 3 is 2.58 bits per heavy atom. The summed E-state index contributed by atoms with van der Waals surface area (Å²) in [6, 6.07) is 23.4. The van der Waals surface area contributed by atoms with E-state index in [0.717, 1.165) is 38.5 Å². The van der Waals surface area contributed by atoms with Gasteiger partial charge in [0.15, 0.2) is 5.17 Å². The highest BCUT2D eigenvalue weighted by molar-refractivity contribution is 8.18. The van der Waals surface area contributed by atoms with E-state index in [1.165, 1.54) is 11.8 Å². The summed E-state index contributed by atoms with van der Waals surface area (Å²) in [6.45, 7) is 0.713. The van der Waals surface area contributed by atoms with E-state index >= 15 is 0 Å². The zero-order valence-electron chi connectivity index (χ0n) is 17.8. The zero-order valence-corrected chi connectivity index (χ0v) is 19.4. The van der Waals surface area contributed by atoms with Crippen LogP contribution in [0.4, 0.5) is 5.69 Å². The lowest BCUT2D eigenvalue weighted by molar-refractivity contribution is -0.115. The number of ether oxygens (including phenoxy) is 1. The number of thioether (sulfide) groups is 1. The Hall–Kier alpha value is -3.48. The smallest absolute Gasteiger partial charge is 0.264 e. The number of halogens is 1. The number of carbonyl (C=O) groups is 1. The number of nitrogens with one attached hydrogen (secondary N) is 1. The Bertz CT molecular complexity index is 1390. The van der Waals surface area contributed by atoms with Gasteiger partial charge in [0.25, 0.3) is 5.91 Å². The Balaban J connectivity index is 1.44. The number of rotatable bonds is 5. The number of amides is 1. The number of hydrogen-bond acceptors (Lipinski definition) is 4. The highest BCUT2D eigenvalue weighted by Crippen LogP contribution is 2.31. The summed E-state index contributed by atoms with van der Waals surface area (Å²) in [4.78, 5) is 17.8. The number of methoxy groups -OCH3 is 1. The second-order valence-electron chi connectivity index (χ2n) is 7.54. The highest BCUT2D eigenvalue weighted by atomic mass is 35.5. The van der Waals surface area contributed by atoms with Crippen LogP contribution in [-0.2, 0) is 11.3 Å². The van der Waals surface area contributed by atoms with Gasteiger partial charge in [0.05, 0.1) is 17.7 Å². The number of hydrogen-bond donors (Lipinski definition) is 1. The molecule has 5 rings (SSSR count). The first kappa shape index (κ1) is 21.4. The van der Waals surface area contributed by atoms with Gasteiger partial charge in [0.2, 0.25) is 0 Å². The van der Waals surface area contributed by atoms with Crippen LogP contribution in [0.1, 0.15) is 11.1 Å². The molecule has 1 N–H and O–H groups in total. The molecule has 5 nitrogen and oxygen atoms in total. The number of amidine groups is 1. The number of carbonyl (C=O) groups excluding carboxylic acids is 1. The summed E-state index contributed by atoms with van der Waals surface area (Å²) in [6.07, 6.45) is 4.01. The summed E-state index contributed by atoms with van der Waals surface area (Å²) in [5.74, 6) is 0.611. The first-order chi connectivity index (χ1) is 16.1. The van der Waals surface area contributed by atoms with Gasteiger partial charge < -0.3 is 14.6 Å². The van der Waals surface area contributed by atoms with Crippen LogP contribution in [0.3, 0.4) is 0 Å². The molecule has 1 aliphatic rings. The summed E-state index contributed by atoms with van der Waals surface area (Å²) >= 11 is 7.37. The molecule has 0 unspecified atom stereocenters. The normalized spacial score (nSPS) is 16.0. The highest BCUT2D eigenvalue weighted by Gasteiger charge is 2.24. The van der Waals surface area contributed by atoms with E-state index < -0.39 is 0 Å². The number of aromatic nitrogens is 1. The van der Waals surface area contributed by atoms with Crippen LogP contribution in [0.25, 0.3) is 17.0 Å². The van der Waals surface area contributed by atoms with Crippen molar-refractivity contribution in [2.24, 2.45) is 4.99 Å². The monoisotopic (exact) mass is 473 g/mol. The van der Waals surface area contributed by atoms with Crippen molar-refractivity contribution in [1.82, 2.24) is 9.88 Å². The molecule has 0 spiro atoms. The molecule has 33 heavy (non-hydrogen) atoms. The van der Waals surface area contributed by atoms with E-state index in [4.69, 9.17) is 16.3 Å². The fourth-order valence-corrected chi connectivity index (χ4v) is 4.66. The van der Waals surface area contributed by atoms with E-state index in [1.807, 2.05) is 66.7 Å². The van der Waals surface area contributed by atoms with Crippen LogP contribution in [0.5, 0.6) is 5.75 Å². The quantitative estimate of drug-likeness (QED) is 0.349. The van der Waals surface area contributed by atoms with Crippen molar-refractivity contribution in [2.45, 2.75) is 6.54 Å². The van der Waals surface area contributed by atoms with Gasteiger partial charge in [-0.2, -0.15) is 0 Å². The van der Waals surface area contributed by atoms with Crippen molar-refractivity contribution in [3.63, 3.8) is 0 Å². The Kier molecular flexibility index (Phi) is 5.94. The third-order valence-corrected chi connectivity index (χ3v) is 6.49. The second-order valence-corrected chi connectivity index (χ2v) is 9.00. The molecule has 0 atom stereocenters. The number of nitrogens with zero attached hydrogens (tertiary/aromatic N) is 2. The maximum atomic E-state index is 12.6. The van der Waals surface area contributed by atoms with Crippen LogP contribution >= 0.6 is 23.4 Å². The summed E-state index contributed by atoms with van der Waals surface area (Å²) in [7, 11) is 1.62. The molecule has 7 heteroatoms. The fraction of sp³-hybridized carbons (Fsp3) is 0.0769. The van der Waals surface area contributed by atoms with Crippen LogP contribution < -0.4 is 10.1 Å². The van der Waals surface area contributed by atoms with Gasteiger partial charge in [-0.3, -0.25) is 4.79 Å². The number of aliphatic imine (C=N–C) groups is 1. The predicted molar refractivity (Wildman–Crippen MR) is 136 cm³/mol. The topological polar surface area (TPSA) is 55.6 Å². The van der Waals surface area contributed by atoms with Gasteiger partial charge in [-0.25, -0.2) is 4.99 Å². The van der Waals surface area contributed by atoms with Crippen LogP contribution in [0, 0.1) is 0 Å².